The van der Waals surface area contributed by atoms with Gasteiger partial charge in [-0.15, -0.1) is 0 Å². The number of sulfonamides is 1. The van der Waals surface area contributed by atoms with E-state index in [9.17, 15) is 13.2 Å². The number of anilines is 1. The lowest BCUT2D eigenvalue weighted by Gasteiger charge is -2.18. The molecule has 0 spiro atoms. The van der Waals surface area contributed by atoms with Gasteiger partial charge in [0.2, 0.25) is 15.9 Å². The molecule has 2 aromatic rings. The Morgan fingerprint density at radius 3 is 2.43 bits per heavy atom. The van der Waals surface area contributed by atoms with Gasteiger partial charge in [0, 0.05) is 24.9 Å². The molecule has 0 aliphatic carbocycles. The molecule has 0 aliphatic heterocycles. The zero-order valence-electron chi connectivity index (χ0n) is 17.3. The second kappa shape index (κ2) is 10.5. The highest BCUT2D eigenvalue weighted by molar-refractivity contribution is 7.89. The van der Waals surface area contributed by atoms with Crippen LogP contribution in [0.15, 0.2) is 47.4 Å². The average molecular weight is 453 g/mol. The minimum Gasteiger partial charge on any atom is -0.493 e. The number of nitrogens with one attached hydrogen (secondary N) is 1. The van der Waals surface area contributed by atoms with Gasteiger partial charge in [-0.1, -0.05) is 31.5 Å². The third kappa shape index (κ3) is 5.53. The van der Waals surface area contributed by atoms with E-state index in [0.29, 0.717) is 40.9 Å². The van der Waals surface area contributed by atoms with Gasteiger partial charge in [0.05, 0.1) is 24.1 Å². The molecule has 162 valence electrons. The highest BCUT2D eigenvalue weighted by atomic mass is 35.5. The number of hydrogen-bond donors (Lipinski definition) is 1. The number of nitrogens with zero attached hydrogens (tertiary/aromatic N) is 1. The molecule has 0 saturated heterocycles. The predicted octanol–water partition coefficient (Wildman–Crippen LogP) is 4.04. The van der Waals surface area contributed by atoms with Crippen LogP contribution < -0.4 is 14.8 Å². The topological polar surface area (TPSA) is 84.9 Å². The van der Waals surface area contributed by atoms with Crippen molar-refractivity contribution in [2.45, 2.75) is 18.7 Å². The maximum Gasteiger partial charge on any atom is 0.248 e. The van der Waals surface area contributed by atoms with Crippen LogP contribution in [0.25, 0.3) is 6.08 Å². The fraction of sp³-hybridized carbons (Fsp3) is 0.286. The van der Waals surface area contributed by atoms with Crippen molar-refractivity contribution in [3.63, 3.8) is 0 Å². The van der Waals surface area contributed by atoms with Crippen LogP contribution in [-0.2, 0) is 14.8 Å². The second-order valence-electron chi connectivity index (χ2n) is 6.18. The lowest BCUT2D eigenvalue weighted by molar-refractivity contribution is -0.111. The van der Waals surface area contributed by atoms with E-state index in [0.717, 1.165) is 0 Å². The molecule has 0 atom stereocenters. The lowest BCUT2D eigenvalue weighted by atomic mass is 10.2. The molecule has 0 aromatic heterocycles. The molecule has 0 radical (unpaired) electrons. The maximum atomic E-state index is 12.7. The van der Waals surface area contributed by atoms with E-state index < -0.39 is 15.9 Å². The van der Waals surface area contributed by atoms with Crippen LogP contribution in [0.4, 0.5) is 5.69 Å². The molecule has 1 N–H and O–H groups in total. The van der Waals surface area contributed by atoms with Gasteiger partial charge >= 0.3 is 0 Å². The first-order valence-corrected chi connectivity index (χ1v) is 11.1. The Labute approximate surface area is 182 Å². The number of rotatable bonds is 9. The van der Waals surface area contributed by atoms with Crippen molar-refractivity contribution in [1.82, 2.24) is 4.31 Å². The molecule has 0 heterocycles. The normalized spacial score (nSPS) is 11.7. The molecule has 0 bridgehead atoms. The summed E-state index contributed by atoms with van der Waals surface area (Å²) in [7, 11) is -0.629. The lowest BCUT2D eigenvalue weighted by Crippen LogP contribution is -2.30. The first kappa shape index (κ1) is 23.7. The summed E-state index contributed by atoms with van der Waals surface area (Å²) in [6.45, 7) is 4.29. The van der Waals surface area contributed by atoms with Gasteiger partial charge in [-0.2, -0.15) is 4.31 Å². The largest absolute Gasteiger partial charge is 0.493 e. The molecular weight excluding hydrogens is 428 g/mol. The van der Waals surface area contributed by atoms with Crippen LogP contribution in [-0.4, -0.2) is 45.9 Å². The molecule has 30 heavy (non-hydrogen) atoms. The zero-order valence-corrected chi connectivity index (χ0v) is 18.9. The summed E-state index contributed by atoms with van der Waals surface area (Å²) in [5.41, 5.74) is 1.02. The quantitative estimate of drug-likeness (QED) is 0.580. The molecule has 2 rings (SSSR count). The Hall–Kier alpha value is -2.55. The first-order valence-electron chi connectivity index (χ1n) is 9.27. The Balaban J connectivity index is 2.19. The number of benzene rings is 2. The number of amides is 1. The van der Waals surface area contributed by atoms with E-state index in [1.807, 2.05) is 0 Å². The number of carbonyl (C=O) groups is 1. The third-order valence-electron chi connectivity index (χ3n) is 4.33. The molecule has 0 unspecified atom stereocenters. The first-order chi connectivity index (χ1) is 14.3. The number of methoxy groups -OCH3 is 2. The van der Waals surface area contributed by atoms with Gasteiger partial charge in [0.25, 0.3) is 0 Å². The van der Waals surface area contributed by atoms with Crippen molar-refractivity contribution in [2.24, 2.45) is 0 Å². The van der Waals surface area contributed by atoms with Crippen LogP contribution in [0.1, 0.15) is 19.4 Å². The summed E-state index contributed by atoms with van der Waals surface area (Å²) in [6, 6.07) is 9.48. The minimum atomic E-state index is -3.61. The van der Waals surface area contributed by atoms with Crippen LogP contribution in [0.5, 0.6) is 11.5 Å². The third-order valence-corrected chi connectivity index (χ3v) is 6.65. The van der Waals surface area contributed by atoms with E-state index in [1.54, 1.807) is 44.2 Å². The van der Waals surface area contributed by atoms with E-state index in [4.69, 9.17) is 21.1 Å². The van der Waals surface area contributed by atoms with Crippen molar-refractivity contribution < 1.29 is 22.7 Å². The summed E-state index contributed by atoms with van der Waals surface area (Å²) in [5.74, 6) is 0.435. The smallest absolute Gasteiger partial charge is 0.248 e. The summed E-state index contributed by atoms with van der Waals surface area (Å²) >= 11 is 6.17. The van der Waals surface area contributed by atoms with Crippen LogP contribution >= 0.6 is 11.6 Å². The Morgan fingerprint density at radius 1 is 1.13 bits per heavy atom. The fourth-order valence-electron chi connectivity index (χ4n) is 2.84. The number of ether oxygens (including phenoxy) is 2. The molecule has 0 fully saturated rings. The number of halogens is 1. The van der Waals surface area contributed by atoms with Gasteiger partial charge in [-0.25, -0.2) is 8.42 Å². The standard InChI is InChI=1S/C21H25ClN2O5S/c1-5-24(6-2)30(26,27)17-9-7-8-16(14-17)23-20(25)11-10-15-12-18(22)21(29-4)19(13-15)28-3/h7-14H,5-6H2,1-4H3,(H,23,25)/b11-10+. The summed E-state index contributed by atoms with van der Waals surface area (Å²) < 4.78 is 37.1. The molecular formula is C21H25ClN2O5S. The van der Waals surface area contributed by atoms with Gasteiger partial charge < -0.3 is 14.8 Å². The monoisotopic (exact) mass is 452 g/mol. The van der Waals surface area contributed by atoms with Gasteiger partial charge in [0.1, 0.15) is 0 Å². The molecule has 9 heteroatoms. The van der Waals surface area contributed by atoms with Gasteiger partial charge in [-0.05, 0) is 42.0 Å². The summed E-state index contributed by atoms with van der Waals surface area (Å²) in [6.07, 6.45) is 2.89. The van der Waals surface area contributed by atoms with Crippen LogP contribution in [0.3, 0.4) is 0 Å². The highest BCUT2D eigenvalue weighted by Crippen LogP contribution is 2.36. The van der Waals surface area contributed by atoms with E-state index in [1.165, 1.54) is 36.7 Å². The molecule has 2 aromatic carbocycles. The van der Waals surface area contributed by atoms with E-state index in [-0.39, 0.29) is 4.90 Å². The summed E-state index contributed by atoms with van der Waals surface area (Å²) in [4.78, 5) is 12.4. The Bertz CT molecular complexity index is 1030. The van der Waals surface area contributed by atoms with Crippen molar-refractivity contribution in [3.05, 3.63) is 53.1 Å². The molecule has 0 saturated carbocycles. The van der Waals surface area contributed by atoms with Gasteiger partial charge in [-0.3, -0.25) is 4.79 Å². The van der Waals surface area contributed by atoms with Crippen molar-refractivity contribution in [3.8, 4) is 11.5 Å². The minimum absolute atomic E-state index is 0.125. The van der Waals surface area contributed by atoms with E-state index >= 15 is 0 Å². The van der Waals surface area contributed by atoms with Crippen molar-refractivity contribution >= 4 is 39.3 Å². The van der Waals surface area contributed by atoms with Crippen LogP contribution in [0.2, 0.25) is 5.02 Å². The Kier molecular flexibility index (Phi) is 8.28. The number of carbonyl (C=O) groups excluding carboxylic acids is 1. The predicted molar refractivity (Wildman–Crippen MR) is 119 cm³/mol. The second-order valence-corrected chi connectivity index (χ2v) is 8.52. The van der Waals surface area contributed by atoms with Gasteiger partial charge in [0.15, 0.2) is 11.5 Å². The maximum absolute atomic E-state index is 12.7. The van der Waals surface area contributed by atoms with E-state index in [2.05, 4.69) is 5.32 Å². The number of hydrogen-bond acceptors (Lipinski definition) is 5. The van der Waals surface area contributed by atoms with Crippen molar-refractivity contribution in [1.29, 1.82) is 0 Å². The molecule has 7 nitrogen and oxygen atoms in total. The van der Waals surface area contributed by atoms with Crippen molar-refractivity contribution in [2.75, 3.05) is 32.6 Å². The van der Waals surface area contributed by atoms with Crippen LogP contribution in [0, 0.1) is 0 Å². The molecule has 0 aliphatic rings. The Morgan fingerprint density at radius 2 is 1.83 bits per heavy atom. The summed E-state index contributed by atoms with van der Waals surface area (Å²) in [5, 5.41) is 3.02. The fourth-order valence-corrected chi connectivity index (χ4v) is 4.64. The zero-order chi connectivity index (χ0) is 22.3. The average Bonchev–Trinajstić information content (AvgIpc) is 2.72. The highest BCUT2D eigenvalue weighted by Gasteiger charge is 2.21. The SMILES string of the molecule is CCN(CC)S(=O)(=O)c1cccc(NC(=O)/C=C/c2cc(Cl)c(OC)c(OC)c2)c1. The molecule has 1 amide bonds.